The Morgan fingerprint density at radius 3 is 2.60 bits per heavy atom. The lowest BCUT2D eigenvalue weighted by molar-refractivity contribution is 0.0203. The Kier molecular flexibility index (Phi) is 3.57. The Labute approximate surface area is 147 Å². The van der Waals surface area contributed by atoms with Crippen molar-refractivity contribution in [1.82, 2.24) is 4.90 Å². The number of benzene rings is 2. The van der Waals surface area contributed by atoms with Gasteiger partial charge in [0.25, 0.3) is 0 Å². The first-order valence-corrected chi connectivity index (χ1v) is 8.47. The second kappa shape index (κ2) is 5.66. The van der Waals surface area contributed by atoms with Crippen LogP contribution in [-0.4, -0.2) is 16.6 Å². The zero-order valence-electron chi connectivity index (χ0n) is 14.7. The van der Waals surface area contributed by atoms with E-state index in [1.807, 2.05) is 57.2 Å². The lowest BCUT2D eigenvalue weighted by Crippen LogP contribution is -2.36. The van der Waals surface area contributed by atoms with Gasteiger partial charge in [-0.1, -0.05) is 42.5 Å². The molecule has 4 nitrogen and oxygen atoms in total. The third-order valence-corrected chi connectivity index (χ3v) is 4.44. The quantitative estimate of drug-likeness (QED) is 0.608. The fourth-order valence-corrected chi connectivity index (χ4v) is 3.42. The molecule has 3 aromatic rings. The number of hydrogen-bond donors (Lipinski definition) is 0. The van der Waals surface area contributed by atoms with Crippen molar-refractivity contribution in [2.45, 2.75) is 39.0 Å². The van der Waals surface area contributed by atoms with Crippen LogP contribution in [0.2, 0.25) is 0 Å². The van der Waals surface area contributed by atoms with Crippen LogP contribution in [0.15, 0.2) is 59.2 Å². The SMILES string of the molecule is CC(C)(C)OC(=O)N1Cc2ccccc2C1c1coc2ccccc12. The Morgan fingerprint density at radius 2 is 1.80 bits per heavy atom. The zero-order valence-corrected chi connectivity index (χ0v) is 14.7. The van der Waals surface area contributed by atoms with Crippen molar-refractivity contribution in [3.8, 4) is 0 Å². The van der Waals surface area contributed by atoms with E-state index in [-0.39, 0.29) is 12.1 Å². The molecule has 1 amide bonds. The van der Waals surface area contributed by atoms with Crippen LogP contribution in [0.25, 0.3) is 11.0 Å². The molecule has 4 heteroatoms. The number of para-hydroxylation sites is 1. The average molecular weight is 335 g/mol. The molecule has 1 aromatic heterocycles. The van der Waals surface area contributed by atoms with Gasteiger partial charge in [0.2, 0.25) is 0 Å². The second-order valence-electron chi connectivity index (χ2n) is 7.40. The van der Waals surface area contributed by atoms with Gasteiger partial charge in [0.05, 0.1) is 18.8 Å². The minimum atomic E-state index is -0.533. The Hall–Kier alpha value is -2.75. The Balaban J connectivity index is 1.82. The van der Waals surface area contributed by atoms with Crippen LogP contribution in [0.1, 0.15) is 43.5 Å². The molecule has 2 aromatic carbocycles. The van der Waals surface area contributed by atoms with Gasteiger partial charge in [0, 0.05) is 10.9 Å². The predicted molar refractivity (Wildman–Crippen MR) is 96.3 cm³/mol. The van der Waals surface area contributed by atoms with Crippen molar-refractivity contribution >= 4 is 17.1 Å². The molecule has 1 aliphatic rings. The van der Waals surface area contributed by atoms with Gasteiger partial charge in [-0.25, -0.2) is 4.79 Å². The number of carbonyl (C=O) groups is 1. The van der Waals surface area contributed by atoms with Crippen molar-refractivity contribution in [3.05, 3.63) is 71.5 Å². The van der Waals surface area contributed by atoms with E-state index in [2.05, 4.69) is 12.1 Å². The summed E-state index contributed by atoms with van der Waals surface area (Å²) in [5.74, 6) is 0. The number of rotatable bonds is 1. The summed E-state index contributed by atoms with van der Waals surface area (Å²) < 4.78 is 11.4. The van der Waals surface area contributed by atoms with Gasteiger partial charge in [-0.3, -0.25) is 4.90 Å². The molecule has 0 fully saturated rings. The molecule has 25 heavy (non-hydrogen) atoms. The number of furan rings is 1. The summed E-state index contributed by atoms with van der Waals surface area (Å²) in [6.07, 6.45) is 1.45. The highest BCUT2D eigenvalue weighted by Crippen LogP contribution is 2.42. The monoisotopic (exact) mass is 335 g/mol. The summed E-state index contributed by atoms with van der Waals surface area (Å²) in [6, 6.07) is 15.9. The molecule has 0 radical (unpaired) electrons. The molecule has 1 atom stereocenters. The van der Waals surface area contributed by atoms with Gasteiger partial charge in [0.15, 0.2) is 0 Å². The smallest absolute Gasteiger partial charge is 0.411 e. The minimum absolute atomic E-state index is 0.199. The van der Waals surface area contributed by atoms with E-state index in [4.69, 9.17) is 9.15 Å². The van der Waals surface area contributed by atoms with Gasteiger partial charge in [-0.05, 0) is 38.0 Å². The lowest BCUT2D eigenvalue weighted by Gasteiger charge is -2.28. The highest BCUT2D eigenvalue weighted by atomic mass is 16.6. The van der Waals surface area contributed by atoms with Crippen LogP contribution in [0.3, 0.4) is 0 Å². The van der Waals surface area contributed by atoms with Crippen molar-refractivity contribution in [1.29, 1.82) is 0 Å². The van der Waals surface area contributed by atoms with E-state index in [1.54, 1.807) is 11.2 Å². The normalized spacial score (nSPS) is 16.9. The molecule has 1 unspecified atom stereocenters. The number of hydrogen-bond acceptors (Lipinski definition) is 3. The van der Waals surface area contributed by atoms with Gasteiger partial charge in [-0.15, -0.1) is 0 Å². The molecule has 0 bridgehead atoms. The van der Waals surface area contributed by atoms with Crippen LogP contribution < -0.4 is 0 Å². The number of amides is 1. The van der Waals surface area contributed by atoms with Crippen LogP contribution in [0.5, 0.6) is 0 Å². The first-order valence-electron chi connectivity index (χ1n) is 8.47. The minimum Gasteiger partial charge on any atom is -0.464 e. The highest BCUT2D eigenvalue weighted by molar-refractivity contribution is 5.83. The molecular formula is C21H21NO3. The number of nitrogens with zero attached hydrogens (tertiary/aromatic N) is 1. The standard InChI is InChI=1S/C21H21NO3/c1-21(2,3)25-20(23)22-12-14-8-4-5-9-15(14)19(22)17-13-24-18-11-7-6-10-16(17)18/h4-11,13,19H,12H2,1-3H3. The molecule has 128 valence electrons. The van der Waals surface area contributed by atoms with Gasteiger partial charge in [0.1, 0.15) is 11.2 Å². The Bertz CT molecular complexity index is 935. The zero-order chi connectivity index (χ0) is 17.6. The molecule has 0 spiro atoms. The molecule has 0 aliphatic carbocycles. The van der Waals surface area contributed by atoms with Gasteiger partial charge >= 0.3 is 6.09 Å². The molecule has 4 rings (SSSR count). The van der Waals surface area contributed by atoms with Gasteiger partial charge in [-0.2, -0.15) is 0 Å². The maximum Gasteiger partial charge on any atom is 0.411 e. The summed E-state index contributed by atoms with van der Waals surface area (Å²) in [6.45, 7) is 6.19. The summed E-state index contributed by atoms with van der Waals surface area (Å²) in [7, 11) is 0. The molecular weight excluding hydrogens is 314 g/mol. The fraction of sp³-hybridized carbons (Fsp3) is 0.286. The van der Waals surface area contributed by atoms with E-state index in [1.165, 1.54) is 0 Å². The third-order valence-electron chi connectivity index (χ3n) is 4.44. The van der Waals surface area contributed by atoms with Crippen molar-refractivity contribution in [2.75, 3.05) is 0 Å². The topological polar surface area (TPSA) is 42.7 Å². The van der Waals surface area contributed by atoms with Crippen LogP contribution in [0, 0.1) is 0 Å². The second-order valence-corrected chi connectivity index (χ2v) is 7.40. The fourth-order valence-electron chi connectivity index (χ4n) is 3.42. The van der Waals surface area contributed by atoms with Crippen molar-refractivity contribution in [2.24, 2.45) is 0 Å². The summed E-state index contributed by atoms with van der Waals surface area (Å²) in [5.41, 5.74) is 3.55. The number of ether oxygens (including phenoxy) is 1. The van der Waals surface area contributed by atoms with Gasteiger partial charge < -0.3 is 9.15 Å². The number of fused-ring (bicyclic) bond motifs is 2. The molecule has 2 heterocycles. The highest BCUT2D eigenvalue weighted by Gasteiger charge is 2.38. The first-order chi connectivity index (χ1) is 11.9. The van der Waals surface area contributed by atoms with Crippen LogP contribution in [-0.2, 0) is 11.3 Å². The van der Waals surface area contributed by atoms with E-state index in [9.17, 15) is 4.79 Å². The Morgan fingerprint density at radius 1 is 1.08 bits per heavy atom. The molecule has 0 N–H and O–H groups in total. The predicted octanol–water partition coefficient (Wildman–Crippen LogP) is 5.27. The van der Waals surface area contributed by atoms with Crippen LogP contribution in [0.4, 0.5) is 4.79 Å². The largest absolute Gasteiger partial charge is 0.464 e. The maximum atomic E-state index is 12.8. The summed E-state index contributed by atoms with van der Waals surface area (Å²) in [5, 5.41) is 1.03. The van der Waals surface area contributed by atoms with E-state index in [0.29, 0.717) is 6.54 Å². The number of carbonyl (C=O) groups excluding carboxylic acids is 1. The van der Waals surface area contributed by atoms with E-state index in [0.717, 1.165) is 27.7 Å². The first kappa shape index (κ1) is 15.8. The lowest BCUT2D eigenvalue weighted by atomic mass is 9.97. The summed E-state index contributed by atoms with van der Waals surface area (Å²) in [4.78, 5) is 14.6. The van der Waals surface area contributed by atoms with Crippen LogP contribution >= 0.6 is 0 Å². The molecule has 1 aliphatic heterocycles. The summed E-state index contributed by atoms with van der Waals surface area (Å²) >= 11 is 0. The molecule has 0 saturated carbocycles. The average Bonchev–Trinajstić information content (AvgIpc) is 3.14. The van der Waals surface area contributed by atoms with Crippen molar-refractivity contribution in [3.63, 3.8) is 0 Å². The van der Waals surface area contributed by atoms with E-state index >= 15 is 0 Å². The van der Waals surface area contributed by atoms with Crippen molar-refractivity contribution < 1.29 is 13.9 Å². The van der Waals surface area contributed by atoms with E-state index < -0.39 is 5.60 Å². The molecule has 0 saturated heterocycles. The maximum absolute atomic E-state index is 12.8. The third kappa shape index (κ3) is 2.78.